The number of aliphatic hydroxyl groups is 2. The number of hydrogen-bond donors (Lipinski definition) is 2. The van der Waals surface area contributed by atoms with E-state index in [0.717, 1.165) is 32.1 Å². The van der Waals surface area contributed by atoms with Crippen molar-refractivity contribution in [2.75, 3.05) is 7.11 Å². The number of methoxy groups -OCH3 is 1. The second-order valence-electron chi connectivity index (χ2n) is 8.97. The zero-order valence-corrected chi connectivity index (χ0v) is 18.5. The van der Waals surface area contributed by atoms with Crippen molar-refractivity contribution in [3.63, 3.8) is 0 Å². The van der Waals surface area contributed by atoms with Gasteiger partial charge in [-0.1, -0.05) is 36.0 Å². The second kappa shape index (κ2) is 12.2. The van der Waals surface area contributed by atoms with Gasteiger partial charge >= 0.3 is 5.97 Å². The van der Waals surface area contributed by atoms with Crippen molar-refractivity contribution >= 4 is 11.8 Å². The molecule has 2 aliphatic carbocycles. The van der Waals surface area contributed by atoms with E-state index in [0.29, 0.717) is 25.7 Å². The summed E-state index contributed by atoms with van der Waals surface area (Å²) in [6, 6.07) is 0. The Bertz CT molecular complexity index is 658. The van der Waals surface area contributed by atoms with E-state index in [1.807, 2.05) is 31.2 Å². The van der Waals surface area contributed by atoms with Gasteiger partial charge in [0.05, 0.1) is 18.8 Å². The summed E-state index contributed by atoms with van der Waals surface area (Å²) in [5.41, 5.74) is 0.682. The highest BCUT2D eigenvalue weighted by Gasteiger charge is 2.39. The van der Waals surface area contributed by atoms with Gasteiger partial charge in [0.15, 0.2) is 0 Å². The first kappa shape index (κ1) is 24.5. The van der Waals surface area contributed by atoms with Crippen LogP contribution in [0.4, 0.5) is 0 Å². The Kier molecular flexibility index (Phi) is 9.99. The number of rotatable bonds is 12. The molecular formula is C25H38O5. The Labute approximate surface area is 180 Å². The van der Waals surface area contributed by atoms with Gasteiger partial charge in [-0.3, -0.25) is 9.59 Å². The molecule has 0 aromatic rings. The van der Waals surface area contributed by atoms with Crippen LogP contribution in [0.15, 0.2) is 36.0 Å². The molecule has 0 aromatic carbocycles. The lowest BCUT2D eigenvalue weighted by molar-refractivity contribution is -0.140. The first-order valence-electron chi connectivity index (χ1n) is 11.3. The number of hydrogen-bond acceptors (Lipinski definition) is 5. The van der Waals surface area contributed by atoms with Crippen molar-refractivity contribution in [1.82, 2.24) is 0 Å². The molecule has 0 aromatic heterocycles. The minimum atomic E-state index is -0.772. The van der Waals surface area contributed by atoms with Crippen LogP contribution in [-0.4, -0.2) is 40.8 Å². The van der Waals surface area contributed by atoms with Crippen molar-refractivity contribution < 1.29 is 24.5 Å². The van der Waals surface area contributed by atoms with Crippen molar-refractivity contribution in [3.8, 4) is 0 Å². The third-order valence-electron chi connectivity index (χ3n) is 6.32. The van der Waals surface area contributed by atoms with E-state index in [4.69, 9.17) is 0 Å². The van der Waals surface area contributed by atoms with Crippen LogP contribution in [-0.2, 0) is 14.3 Å². The SMILES string of the molecule is COC(=O)CC/C=C\CC[C@H]1C(=O)C[C@@H](O)[C@@H]1/C=C/CC(C)(O)CCC1=CCCC1. The van der Waals surface area contributed by atoms with E-state index in [9.17, 15) is 19.8 Å². The van der Waals surface area contributed by atoms with Gasteiger partial charge in [-0.15, -0.1) is 0 Å². The molecule has 0 bridgehead atoms. The normalized spacial score (nSPS) is 26.5. The summed E-state index contributed by atoms with van der Waals surface area (Å²) in [6.07, 6.45) is 17.8. The molecule has 0 heterocycles. The van der Waals surface area contributed by atoms with Gasteiger partial charge in [0, 0.05) is 24.7 Å². The fourth-order valence-electron chi connectivity index (χ4n) is 4.38. The minimum absolute atomic E-state index is 0.111. The van der Waals surface area contributed by atoms with Gasteiger partial charge in [0.25, 0.3) is 0 Å². The van der Waals surface area contributed by atoms with E-state index in [-0.39, 0.29) is 30.0 Å². The highest BCUT2D eigenvalue weighted by molar-refractivity contribution is 5.84. The standard InChI is InChI=1S/C25H38O5/c1-25(29,17-15-19-10-7-8-11-19)16-9-13-21-20(22(26)18-23(21)27)12-5-3-4-6-14-24(28)30-2/h3-4,9-10,13,20-21,23,27,29H,5-8,11-12,14-18H2,1-2H3/b4-3-,13-9+/t20-,21-,23-,25?/m1/s1. The summed E-state index contributed by atoms with van der Waals surface area (Å²) in [7, 11) is 1.38. The fraction of sp³-hybridized carbons (Fsp3) is 0.680. The first-order chi connectivity index (χ1) is 14.3. The Morgan fingerprint density at radius 3 is 2.77 bits per heavy atom. The summed E-state index contributed by atoms with van der Waals surface area (Å²) in [5, 5.41) is 21.0. The molecular weight excluding hydrogens is 380 g/mol. The van der Waals surface area contributed by atoms with Gasteiger partial charge in [0.1, 0.15) is 5.78 Å². The van der Waals surface area contributed by atoms with E-state index in [1.54, 1.807) is 0 Å². The van der Waals surface area contributed by atoms with Gasteiger partial charge in [-0.25, -0.2) is 0 Å². The number of ether oxygens (including phenoxy) is 1. The molecule has 0 spiro atoms. The predicted molar refractivity (Wildman–Crippen MR) is 118 cm³/mol. The predicted octanol–water partition coefficient (Wildman–Crippen LogP) is 4.43. The van der Waals surface area contributed by atoms with Crippen LogP contribution in [0.2, 0.25) is 0 Å². The molecule has 2 N–H and O–H groups in total. The maximum atomic E-state index is 12.3. The lowest BCUT2D eigenvalue weighted by Gasteiger charge is -2.23. The van der Waals surface area contributed by atoms with E-state index < -0.39 is 11.7 Å². The Morgan fingerprint density at radius 1 is 1.30 bits per heavy atom. The molecule has 1 unspecified atom stereocenters. The maximum absolute atomic E-state index is 12.3. The van der Waals surface area contributed by atoms with E-state index >= 15 is 0 Å². The topological polar surface area (TPSA) is 83.8 Å². The Morgan fingerprint density at radius 2 is 2.07 bits per heavy atom. The lowest BCUT2D eigenvalue weighted by atomic mass is 9.88. The van der Waals surface area contributed by atoms with Crippen LogP contribution in [0, 0.1) is 11.8 Å². The Balaban J connectivity index is 1.79. The third kappa shape index (κ3) is 8.19. The largest absolute Gasteiger partial charge is 0.469 e. The molecule has 5 nitrogen and oxygen atoms in total. The quantitative estimate of drug-likeness (QED) is 0.362. The molecule has 2 aliphatic rings. The number of esters is 1. The number of ketones is 1. The van der Waals surface area contributed by atoms with Crippen molar-refractivity contribution in [2.45, 2.75) is 89.3 Å². The number of Topliss-reactive ketones (excluding diaryl/α,β-unsaturated/α-hetero) is 1. The van der Waals surface area contributed by atoms with Crippen LogP contribution in [0.1, 0.15) is 77.6 Å². The number of carbonyl (C=O) groups excluding carboxylic acids is 2. The molecule has 0 amide bonds. The maximum Gasteiger partial charge on any atom is 0.305 e. The zero-order chi connectivity index (χ0) is 22.0. The molecule has 5 heteroatoms. The molecule has 0 radical (unpaired) electrons. The summed E-state index contributed by atoms with van der Waals surface area (Å²) in [6.45, 7) is 1.86. The van der Waals surface area contributed by atoms with Crippen LogP contribution in [0.3, 0.4) is 0 Å². The van der Waals surface area contributed by atoms with Gasteiger partial charge in [-0.2, -0.15) is 0 Å². The molecule has 2 rings (SSSR count). The zero-order valence-electron chi connectivity index (χ0n) is 18.5. The van der Waals surface area contributed by atoms with Crippen LogP contribution < -0.4 is 0 Å². The van der Waals surface area contributed by atoms with Crippen molar-refractivity contribution in [2.24, 2.45) is 11.8 Å². The first-order valence-corrected chi connectivity index (χ1v) is 11.3. The molecule has 0 aliphatic heterocycles. The summed E-state index contributed by atoms with van der Waals surface area (Å²) in [5.74, 6) is -0.487. The van der Waals surface area contributed by atoms with Crippen molar-refractivity contribution in [1.29, 1.82) is 0 Å². The number of carbonyl (C=O) groups is 2. The second-order valence-corrected chi connectivity index (χ2v) is 8.97. The van der Waals surface area contributed by atoms with E-state index in [1.165, 1.54) is 19.1 Å². The molecule has 1 fully saturated rings. The summed E-state index contributed by atoms with van der Waals surface area (Å²) >= 11 is 0. The smallest absolute Gasteiger partial charge is 0.305 e. The van der Waals surface area contributed by atoms with Gasteiger partial charge in [0.2, 0.25) is 0 Å². The monoisotopic (exact) mass is 418 g/mol. The lowest BCUT2D eigenvalue weighted by Crippen LogP contribution is -2.23. The minimum Gasteiger partial charge on any atom is -0.469 e. The molecule has 168 valence electrons. The summed E-state index contributed by atoms with van der Waals surface area (Å²) in [4.78, 5) is 23.4. The van der Waals surface area contributed by atoms with E-state index in [2.05, 4.69) is 10.8 Å². The summed E-state index contributed by atoms with van der Waals surface area (Å²) < 4.78 is 4.61. The van der Waals surface area contributed by atoms with Crippen molar-refractivity contribution in [3.05, 3.63) is 36.0 Å². The van der Waals surface area contributed by atoms with Gasteiger partial charge in [-0.05, 0) is 64.7 Å². The molecule has 0 saturated heterocycles. The molecule has 1 saturated carbocycles. The van der Waals surface area contributed by atoms with Crippen LogP contribution >= 0.6 is 0 Å². The third-order valence-corrected chi connectivity index (χ3v) is 6.32. The molecule has 4 atom stereocenters. The average Bonchev–Trinajstić information content (AvgIpc) is 3.31. The number of aliphatic hydroxyl groups excluding tert-OH is 1. The Hall–Kier alpha value is -1.72. The fourth-order valence-corrected chi connectivity index (χ4v) is 4.38. The average molecular weight is 419 g/mol. The van der Waals surface area contributed by atoms with Crippen LogP contribution in [0.5, 0.6) is 0 Å². The molecule has 30 heavy (non-hydrogen) atoms. The highest BCUT2D eigenvalue weighted by atomic mass is 16.5. The number of allylic oxidation sites excluding steroid dienone is 4. The van der Waals surface area contributed by atoms with Gasteiger partial charge < -0.3 is 14.9 Å². The highest BCUT2D eigenvalue weighted by Crippen LogP contribution is 2.34. The van der Waals surface area contributed by atoms with Crippen LogP contribution in [0.25, 0.3) is 0 Å².